The van der Waals surface area contributed by atoms with Crippen LogP contribution >= 0.6 is 11.6 Å². The van der Waals surface area contributed by atoms with Gasteiger partial charge in [0.2, 0.25) is 0 Å². The standard InChI is InChI=1S/C17H15ClN2O/c1-19-11-12-10-13(18)7-8-16(12)21-17-6-2-5-15-14(17)4-3-9-20-15/h2-10,19H,11H2,1H3. The van der Waals surface area contributed by atoms with E-state index in [0.717, 1.165) is 28.0 Å². The fourth-order valence-corrected chi connectivity index (χ4v) is 2.45. The predicted octanol–water partition coefficient (Wildman–Crippen LogP) is 4.40. The quantitative estimate of drug-likeness (QED) is 0.775. The Kier molecular flexibility index (Phi) is 4.04. The maximum absolute atomic E-state index is 6.09. The van der Waals surface area contributed by atoms with Gasteiger partial charge in [0.15, 0.2) is 0 Å². The molecule has 3 aromatic rings. The van der Waals surface area contributed by atoms with E-state index in [0.29, 0.717) is 11.6 Å². The molecule has 1 aromatic heterocycles. The van der Waals surface area contributed by atoms with Gasteiger partial charge in [-0.15, -0.1) is 0 Å². The van der Waals surface area contributed by atoms with Crippen LogP contribution in [-0.2, 0) is 6.54 Å². The largest absolute Gasteiger partial charge is 0.456 e. The zero-order chi connectivity index (χ0) is 14.7. The fourth-order valence-electron chi connectivity index (χ4n) is 2.26. The molecular formula is C17H15ClN2O. The normalized spacial score (nSPS) is 10.8. The summed E-state index contributed by atoms with van der Waals surface area (Å²) in [7, 11) is 1.90. The van der Waals surface area contributed by atoms with E-state index < -0.39 is 0 Å². The topological polar surface area (TPSA) is 34.1 Å². The lowest BCUT2D eigenvalue weighted by Crippen LogP contribution is -2.06. The number of hydrogen-bond acceptors (Lipinski definition) is 3. The summed E-state index contributed by atoms with van der Waals surface area (Å²) in [5.74, 6) is 1.59. The van der Waals surface area contributed by atoms with Gasteiger partial charge in [-0.25, -0.2) is 0 Å². The first-order valence-corrected chi connectivity index (χ1v) is 7.10. The van der Waals surface area contributed by atoms with Crippen molar-refractivity contribution in [3.8, 4) is 11.5 Å². The second-order valence-corrected chi connectivity index (χ2v) is 5.15. The van der Waals surface area contributed by atoms with Crippen molar-refractivity contribution in [2.24, 2.45) is 0 Å². The molecule has 0 amide bonds. The average Bonchev–Trinajstić information content (AvgIpc) is 2.50. The monoisotopic (exact) mass is 298 g/mol. The van der Waals surface area contributed by atoms with E-state index in [2.05, 4.69) is 10.3 Å². The summed E-state index contributed by atoms with van der Waals surface area (Å²) in [4.78, 5) is 4.34. The predicted molar refractivity (Wildman–Crippen MR) is 86.0 cm³/mol. The smallest absolute Gasteiger partial charge is 0.136 e. The molecule has 21 heavy (non-hydrogen) atoms. The van der Waals surface area contributed by atoms with Gasteiger partial charge in [0, 0.05) is 28.7 Å². The number of fused-ring (bicyclic) bond motifs is 1. The molecule has 0 aliphatic rings. The van der Waals surface area contributed by atoms with Crippen LogP contribution in [0.2, 0.25) is 5.02 Å². The van der Waals surface area contributed by atoms with Gasteiger partial charge in [-0.2, -0.15) is 0 Å². The van der Waals surface area contributed by atoms with Gasteiger partial charge >= 0.3 is 0 Å². The van der Waals surface area contributed by atoms with Crippen LogP contribution in [0.4, 0.5) is 0 Å². The number of aromatic nitrogens is 1. The third-order valence-corrected chi connectivity index (χ3v) is 3.45. The summed E-state index contributed by atoms with van der Waals surface area (Å²) in [5, 5.41) is 4.82. The number of pyridine rings is 1. The number of halogens is 1. The number of nitrogens with zero attached hydrogens (tertiary/aromatic N) is 1. The molecule has 3 rings (SSSR count). The van der Waals surface area contributed by atoms with Crippen LogP contribution in [0.1, 0.15) is 5.56 Å². The zero-order valence-electron chi connectivity index (χ0n) is 11.6. The number of rotatable bonds is 4. The molecule has 0 atom stereocenters. The van der Waals surface area contributed by atoms with Gasteiger partial charge in [0.05, 0.1) is 5.52 Å². The summed E-state index contributed by atoms with van der Waals surface area (Å²) < 4.78 is 6.09. The van der Waals surface area contributed by atoms with Crippen LogP contribution in [0.25, 0.3) is 10.9 Å². The van der Waals surface area contributed by atoms with Gasteiger partial charge < -0.3 is 10.1 Å². The first-order valence-electron chi connectivity index (χ1n) is 6.72. The molecular weight excluding hydrogens is 284 g/mol. The Labute approximate surface area is 128 Å². The van der Waals surface area contributed by atoms with Crippen molar-refractivity contribution >= 4 is 22.5 Å². The molecule has 2 aromatic carbocycles. The maximum Gasteiger partial charge on any atom is 0.136 e. The summed E-state index contributed by atoms with van der Waals surface area (Å²) in [6, 6.07) is 15.4. The number of benzene rings is 2. The summed E-state index contributed by atoms with van der Waals surface area (Å²) in [5.41, 5.74) is 1.94. The third-order valence-electron chi connectivity index (χ3n) is 3.22. The van der Waals surface area contributed by atoms with Crippen LogP contribution in [0.5, 0.6) is 11.5 Å². The molecule has 0 aliphatic heterocycles. The van der Waals surface area contributed by atoms with E-state index in [1.807, 2.05) is 55.6 Å². The van der Waals surface area contributed by atoms with Crippen LogP contribution in [0.15, 0.2) is 54.7 Å². The van der Waals surface area contributed by atoms with Gasteiger partial charge in [-0.05, 0) is 49.5 Å². The molecule has 0 saturated heterocycles. The fraction of sp³-hybridized carbons (Fsp3) is 0.118. The molecule has 0 radical (unpaired) electrons. The van der Waals surface area contributed by atoms with E-state index in [1.54, 1.807) is 6.20 Å². The zero-order valence-corrected chi connectivity index (χ0v) is 12.4. The number of ether oxygens (including phenoxy) is 1. The summed E-state index contributed by atoms with van der Waals surface area (Å²) in [6.45, 7) is 0.693. The van der Waals surface area contributed by atoms with Crippen molar-refractivity contribution in [1.82, 2.24) is 10.3 Å². The summed E-state index contributed by atoms with van der Waals surface area (Å²) >= 11 is 6.06. The lowest BCUT2D eigenvalue weighted by Gasteiger charge is -2.13. The molecule has 4 heteroatoms. The van der Waals surface area contributed by atoms with Crippen molar-refractivity contribution in [2.45, 2.75) is 6.54 Å². The second kappa shape index (κ2) is 6.12. The Hall–Kier alpha value is -2.10. The second-order valence-electron chi connectivity index (χ2n) is 4.71. The lowest BCUT2D eigenvalue weighted by molar-refractivity contribution is 0.479. The van der Waals surface area contributed by atoms with Crippen molar-refractivity contribution in [3.05, 3.63) is 65.3 Å². The van der Waals surface area contributed by atoms with E-state index in [1.165, 1.54) is 0 Å². The third kappa shape index (κ3) is 2.99. The lowest BCUT2D eigenvalue weighted by atomic mass is 10.2. The summed E-state index contributed by atoms with van der Waals surface area (Å²) in [6.07, 6.45) is 1.78. The molecule has 0 aliphatic carbocycles. The minimum Gasteiger partial charge on any atom is -0.456 e. The van der Waals surface area contributed by atoms with Crippen molar-refractivity contribution in [2.75, 3.05) is 7.05 Å². The van der Waals surface area contributed by atoms with E-state index in [-0.39, 0.29) is 0 Å². The molecule has 0 fully saturated rings. The minimum absolute atomic E-state index is 0.693. The number of nitrogens with one attached hydrogen (secondary N) is 1. The van der Waals surface area contributed by atoms with E-state index in [9.17, 15) is 0 Å². The van der Waals surface area contributed by atoms with Gasteiger partial charge in [0.1, 0.15) is 11.5 Å². The average molecular weight is 299 g/mol. The van der Waals surface area contributed by atoms with Crippen molar-refractivity contribution in [1.29, 1.82) is 0 Å². The molecule has 106 valence electrons. The Morgan fingerprint density at radius 3 is 2.86 bits per heavy atom. The van der Waals surface area contributed by atoms with E-state index >= 15 is 0 Å². The molecule has 1 N–H and O–H groups in total. The Morgan fingerprint density at radius 1 is 1.10 bits per heavy atom. The minimum atomic E-state index is 0.693. The van der Waals surface area contributed by atoms with Gasteiger partial charge in [-0.1, -0.05) is 17.7 Å². The Balaban J connectivity index is 2.02. The SMILES string of the molecule is CNCc1cc(Cl)ccc1Oc1cccc2ncccc12. The van der Waals surface area contributed by atoms with Crippen LogP contribution in [0.3, 0.4) is 0 Å². The molecule has 0 unspecified atom stereocenters. The molecule has 0 spiro atoms. The first-order chi connectivity index (χ1) is 10.3. The van der Waals surface area contributed by atoms with Crippen LogP contribution in [-0.4, -0.2) is 12.0 Å². The maximum atomic E-state index is 6.09. The van der Waals surface area contributed by atoms with Crippen molar-refractivity contribution < 1.29 is 4.74 Å². The first kappa shape index (κ1) is 13.9. The van der Waals surface area contributed by atoms with Gasteiger partial charge in [0.25, 0.3) is 0 Å². The Morgan fingerprint density at radius 2 is 2.00 bits per heavy atom. The molecule has 1 heterocycles. The molecule has 3 nitrogen and oxygen atoms in total. The molecule has 0 saturated carbocycles. The highest BCUT2D eigenvalue weighted by atomic mass is 35.5. The van der Waals surface area contributed by atoms with Crippen molar-refractivity contribution in [3.63, 3.8) is 0 Å². The van der Waals surface area contributed by atoms with E-state index in [4.69, 9.17) is 16.3 Å². The van der Waals surface area contributed by atoms with Gasteiger partial charge in [-0.3, -0.25) is 4.98 Å². The van der Waals surface area contributed by atoms with Crippen LogP contribution < -0.4 is 10.1 Å². The van der Waals surface area contributed by atoms with Crippen LogP contribution in [0, 0.1) is 0 Å². The molecule has 0 bridgehead atoms. The highest BCUT2D eigenvalue weighted by Gasteiger charge is 2.08. The highest BCUT2D eigenvalue weighted by molar-refractivity contribution is 6.30. The number of hydrogen-bond donors (Lipinski definition) is 1. The Bertz CT molecular complexity index is 768. The highest BCUT2D eigenvalue weighted by Crippen LogP contribution is 2.32.